The van der Waals surface area contributed by atoms with E-state index < -0.39 is 38.3 Å². The van der Waals surface area contributed by atoms with E-state index >= 15 is 4.39 Å². The first kappa shape index (κ1) is 28.7. The van der Waals surface area contributed by atoms with Crippen LogP contribution in [0, 0.1) is 0 Å². The maximum absolute atomic E-state index is 15.2. The number of carbonyl (C=O) groups excluding carboxylic acids is 1. The number of hydrogen-bond donors (Lipinski definition) is 2. The molecule has 1 aliphatic heterocycles. The zero-order valence-corrected chi connectivity index (χ0v) is 23.2. The van der Waals surface area contributed by atoms with Crippen molar-refractivity contribution in [2.75, 3.05) is 31.3 Å². The molecule has 5 atom stereocenters. The third-order valence-electron chi connectivity index (χ3n) is 5.70. The van der Waals surface area contributed by atoms with E-state index in [-0.39, 0.29) is 30.8 Å². The van der Waals surface area contributed by atoms with Gasteiger partial charge >= 0.3 is 13.7 Å². The minimum Gasteiger partial charge on any atom is -0.462 e. The van der Waals surface area contributed by atoms with Crippen molar-refractivity contribution in [1.29, 1.82) is 0 Å². The largest absolute Gasteiger partial charge is 0.462 e. The van der Waals surface area contributed by atoms with E-state index in [1.165, 1.54) is 17.8 Å². The topological polar surface area (TPSA) is 156 Å². The molecule has 0 spiro atoms. The predicted octanol–water partition coefficient (Wildman–Crippen LogP) is 3.23. The van der Waals surface area contributed by atoms with Crippen LogP contribution in [0.25, 0.3) is 11.2 Å². The summed E-state index contributed by atoms with van der Waals surface area (Å²) >= 11 is 0. The number of benzene rings is 1. The lowest BCUT2D eigenvalue weighted by molar-refractivity contribution is -0.149. The highest BCUT2D eigenvalue weighted by atomic mass is 31.2. The van der Waals surface area contributed by atoms with Crippen LogP contribution in [0.3, 0.4) is 0 Å². The number of nitrogens with zero attached hydrogens (tertiary/aromatic N) is 5. The lowest BCUT2D eigenvalue weighted by Gasteiger charge is -2.24. The maximum Gasteiger partial charge on any atom is 0.459 e. The van der Waals surface area contributed by atoms with Crippen LogP contribution in [0.5, 0.6) is 5.75 Å². The summed E-state index contributed by atoms with van der Waals surface area (Å²) in [6, 6.07) is 7.33. The Morgan fingerprint density at radius 3 is 2.67 bits per heavy atom. The van der Waals surface area contributed by atoms with Crippen LogP contribution >= 0.6 is 7.75 Å². The molecule has 0 saturated carbocycles. The molecule has 4 rings (SSSR count). The molecule has 1 aromatic carbocycles. The van der Waals surface area contributed by atoms with Gasteiger partial charge in [-0.2, -0.15) is 15.1 Å². The van der Waals surface area contributed by atoms with Crippen molar-refractivity contribution in [3.8, 4) is 5.75 Å². The lowest BCUT2D eigenvalue weighted by Crippen LogP contribution is -2.36. The van der Waals surface area contributed by atoms with Crippen LogP contribution in [-0.4, -0.2) is 70.6 Å². The average Bonchev–Trinajstić information content (AvgIpc) is 3.45. The van der Waals surface area contributed by atoms with Crippen LogP contribution in [0.4, 0.5) is 16.2 Å². The van der Waals surface area contributed by atoms with E-state index in [1.54, 1.807) is 63.2 Å². The molecular weight excluding hydrogens is 532 g/mol. The Balaban J connectivity index is 1.49. The number of fused-ring (bicyclic) bond motifs is 1. The summed E-state index contributed by atoms with van der Waals surface area (Å²) in [4.78, 5) is 26.8. The Labute approximate surface area is 225 Å². The number of para-hydroxylation sites is 1. The predicted molar refractivity (Wildman–Crippen MR) is 142 cm³/mol. The van der Waals surface area contributed by atoms with Crippen molar-refractivity contribution in [3.63, 3.8) is 0 Å². The monoisotopic (exact) mass is 565 g/mol. The highest BCUT2D eigenvalue weighted by molar-refractivity contribution is 7.52. The Kier molecular flexibility index (Phi) is 8.70. The molecule has 15 heteroatoms. The molecule has 0 bridgehead atoms. The van der Waals surface area contributed by atoms with Crippen molar-refractivity contribution in [2.45, 2.75) is 57.8 Å². The summed E-state index contributed by atoms with van der Waals surface area (Å²) in [5.74, 6) is 0.123. The van der Waals surface area contributed by atoms with E-state index in [2.05, 4.69) is 20.0 Å². The molecule has 0 amide bonds. The minimum absolute atomic E-state index is 0.0106. The highest BCUT2D eigenvalue weighted by Crippen LogP contribution is 2.46. The molecule has 3 N–H and O–H groups in total. The number of alkyl halides is 1. The number of nitrogen functional groups attached to an aromatic ring is 1. The summed E-state index contributed by atoms with van der Waals surface area (Å²) in [5.41, 5.74) is 6.63. The number of nitrogens with one attached hydrogen (secondary N) is 1. The van der Waals surface area contributed by atoms with Crippen molar-refractivity contribution < 1.29 is 32.3 Å². The van der Waals surface area contributed by atoms with Gasteiger partial charge in [-0.05, 0) is 32.9 Å². The molecule has 13 nitrogen and oxygen atoms in total. The van der Waals surface area contributed by atoms with Gasteiger partial charge in [0.1, 0.15) is 18.0 Å². The number of nitrogens with two attached hydrogens (primary N) is 1. The summed E-state index contributed by atoms with van der Waals surface area (Å²) in [6.45, 7) is 4.60. The molecule has 3 heterocycles. The number of hydrogen-bond acceptors (Lipinski definition) is 11. The molecule has 2 aromatic heterocycles. The number of carbonyl (C=O) groups is 1. The van der Waals surface area contributed by atoms with E-state index in [1.807, 2.05) is 0 Å². The van der Waals surface area contributed by atoms with Gasteiger partial charge in [-0.25, -0.2) is 13.9 Å². The zero-order valence-electron chi connectivity index (χ0n) is 22.4. The first-order chi connectivity index (χ1) is 18.5. The van der Waals surface area contributed by atoms with Crippen molar-refractivity contribution in [2.24, 2.45) is 0 Å². The second-order valence-corrected chi connectivity index (χ2v) is 11.3. The van der Waals surface area contributed by atoms with E-state index in [0.717, 1.165) is 0 Å². The second-order valence-electron chi connectivity index (χ2n) is 9.56. The van der Waals surface area contributed by atoms with Gasteiger partial charge in [0.2, 0.25) is 5.95 Å². The fourth-order valence-corrected chi connectivity index (χ4v) is 5.51. The van der Waals surface area contributed by atoms with Gasteiger partial charge in [0, 0.05) is 20.5 Å². The van der Waals surface area contributed by atoms with E-state index in [9.17, 15) is 9.36 Å². The fourth-order valence-electron chi connectivity index (χ4n) is 3.98. The molecule has 0 radical (unpaired) electrons. The molecule has 3 aromatic rings. The summed E-state index contributed by atoms with van der Waals surface area (Å²) in [6.07, 6.45) is -2.31. The van der Waals surface area contributed by atoms with Gasteiger partial charge in [-0.3, -0.25) is 13.9 Å². The molecule has 0 aliphatic carbocycles. The number of ether oxygens (including phenoxy) is 2. The quantitative estimate of drug-likeness (QED) is 0.259. The second kappa shape index (κ2) is 11.8. The van der Waals surface area contributed by atoms with Gasteiger partial charge in [-0.1, -0.05) is 18.2 Å². The van der Waals surface area contributed by atoms with Gasteiger partial charge in [0.25, 0.3) is 0 Å². The van der Waals surface area contributed by atoms with Gasteiger partial charge < -0.3 is 24.6 Å². The van der Waals surface area contributed by atoms with Crippen molar-refractivity contribution >= 4 is 36.6 Å². The summed E-state index contributed by atoms with van der Waals surface area (Å²) in [5, 5.41) is 2.60. The smallest absolute Gasteiger partial charge is 0.459 e. The average molecular weight is 566 g/mol. The Morgan fingerprint density at radius 1 is 1.28 bits per heavy atom. The molecule has 1 aliphatic rings. The third kappa shape index (κ3) is 6.82. The SMILES string of the molecule is CC(C)OC(=O)[C@@H](C)N[P@](=O)(OC[C@@H]1C[C@H](F)[C@H](n2cnc3c(N(C)C)nc(N)nc32)O1)Oc1ccccc1. The minimum atomic E-state index is -4.13. The van der Waals surface area contributed by atoms with E-state index in [4.69, 9.17) is 24.3 Å². The van der Waals surface area contributed by atoms with E-state index in [0.29, 0.717) is 17.0 Å². The fraction of sp³-hybridized carbons (Fsp3) is 0.500. The van der Waals surface area contributed by atoms with Crippen LogP contribution in [-0.2, 0) is 23.4 Å². The molecule has 0 unspecified atom stereocenters. The normalized spacial score (nSPS) is 21.6. The number of rotatable bonds is 11. The Hall–Kier alpha value is -3.32. The Bertz CT molecular complexity index is 1340. The van der Waals surface area contributed by atoms with Crippen LogP contribution < -0.4 is 20.2 Å². The number of aromatic nitrogens is 4. The Morgan fingerprint density at radius 2 is 2.00 bits per heavy atom. The lowest BCUT2D eigenvalue weighted by atomic mass is 10.2. The molecular formula is C24H33FN7O6P. The number of imidazole rings is 1. The summed E-state index contributed by atoms with van der Waals surface area (Å²) < 4.78 is 52.7. The van der Waals surface area contributed by atoms with Gasteiger partial charge in [0.15, 0.2) is 23.2 Å². The maximum atomic E-state index is 15.2. The standard InChI is InChI=1S/C24H33FN7O6P/c1-14(2)36-23(33)15(3)30-39(34,38-16-9-7-6-8-10-16)35-12-17-11-18(25)22(37-17)32-13-27-19-20(31(4)5)28-24(26)29-21(19)32/h6-10,13-15,17-18,22H,11-12H2,1-5H3,(H,30,34)(H2,26,28,29)/t15-,17+,18+,22-,39+/m1/s1. The third-order valence-corrected chi connectivity index (χ3v) is 7.35. The zero-order chi connectivity index (χ0) is 28.3. The van der Waals surface area contributed by atoms with Gasteiger partial charge in [0.05, 0.1) is 25.1 Å². The first-order valence-electron chi connectivity index (χ1n) is 12.4. The molecule has 1 saturated heterocycles. The number of halogens is 1. The number of anilines is 2. The molecule has 212 valence electrons. The summed E-state index contributed by atoms with van der Waals surface area (Å²) in [7, 11) is -0.560. The first-order valence-corrected chi connectivity index (χ1v) is 13.9. The molecule has 39 heavy (non-hydrogen) atoms. The highest BCUT2D eigenvalue weighted by Gasteiger charge is 2.40. The van der Waals surface area contributed by atoms with Crippen molar-refractivity contribution in [1.82, 2.24) is 24.6 Å². The van der Waals surface area contributed by atoms with Crippen LogP contribution in [0.2, 0.25) is 0 Å². The van der Waals surface area contributed by atoms with Gasteiger partial charge in [-0.15, -0.1) is 0 Å². The van der Waals surface area contributed by atoms with Crippen LogP contribution in [0.1, 0.15) is 33.4 Å². The van der Waals surface area contributed by atoms with Crippen LogP contribution in [0.15, 0.2) is 36.7 Å². The van der Waals surface area contributed by atoms with Crippen molar-refractivity contribution in [3.05, 3.63) is 36.7 Å². The number of esters is 1. The molecule has 1 fully saturated rings.